The lowest BCUT2D eigenvalue weighted by Crippen LogP contribution is -2.08. The summed E-state index contributed by atoms with van der Waals surface area (Å²) in [5, 5.41) is 3.12. The highest BCUT2D eigenvalue weighted by Crippen LogP contribution is 2.25. The second-order valence-electron chi connectivity index (χ2n) is 5.35. The van der Waals surface area contributed by atoms with E-state index in [4.69, 9.17) is 9.47 Å². The Balaban J connectivity index is 1.90. The highest BCUT2D eigenvalue weighted by molar-refractivity contribution is 5.91. The number of unbranched alkanes of at least 4 members (excludes halogenated alkanes) is 1. The Morgan fingerprint density at radius 3 is 2.96 bits per heavy atom. The van der Waals surface area contributed by atoms with E-state index in [1.165, 1.54) is 7.11 Å². The molecule has 0 saturated carbocycles. The van der Waals surface area contributed by atoms with Crippen LogP contribution in [0.3, 0.4) is 0 Å². The fourth-order valence-corrected chi connectivity index (χ4v) is 2.29. The fraction of sp³-hybridized carbons (Fsp3) is 0.471. The summed E-state index contributed by atoms with van der Waals surface area (Å²) in [5.74, 6) is 0.641. The maximum Gasteiger partial charge on any atom is 0.335 e. The summed E-state index contributed by atoms with van der Waals surface area (Å²) in [6, 6.07) is 3.59. The Labute approximate surface area is 141 Å². The standard InChI is InChI=1S/C17H22N2O5/c1-12(13-8-11-24-17(13)21)19-16-14(6-5-9-18-16)23-10-4-3-7-15(20)22-2/h5-6,9H,3-4,7-8,10-11H2,1-2H3,(H,18,19)/b13-12+. The molecule has 1 aliphatic rings. The molecule has 130 valence electrons. The number of allylic oxidation sites excluding steroid dienone is 1. The van der Waals surface area contributed by atoms with Gasteiger partial charge in [0.25, 0.3) is 0 Å². The number of anilines is 1. The van der Waals surface area contributed by atoms with Gasteiger partial charge in [-0.1, -0.05) is 0 Å². The largest absolute Gasteiger partial charge is 0.490 e. The normalized spacial score (nSPS) is 15.7. The molecule has 2 rings (SSSR count). The smallest absolute Gasteiger partial charge is 0.335 e. The molecule has 0 radical (unpaired) electrons. The molecule has 7 heteroatoms. The predicted molar refractivity (Wildman–Crippen MR) is 87.5 cm³/mol. The van der Waals surface area contributed by atoms with Crippen molar-refractivity contribution >= 4 is 17.8 Å². The molecule has 1 aromatic heterocycles. The first-order chi connectivity index (χ1) is 11.6. The number of methoxy groups -OCH3 is 1. The zero-order chi connectivity index (χ0) is 17.4. The molecule has 1 fully saturated rings. The first-order valence-corrected chi connectivity index (χ1v) is 7.90. The molecule has 0 amide bonds. The Morgan fingerprint density at radius 1 is 1.42 bits per heavy atom. The van der Waals surface area contributed by atoms with Gasteiger partial charge in [-0.15, -0.1) is 0 Å². The number of carbonyl (C=O) groups excluding carboxylic acids is 2. The molecule has 1 saturated heterocycles. The van der Waals surface area contributed by atoms with Crippen LogP contribution in [0.2, 0.25) is 0 Å². The number of carbonyl (C=O) groups is 2. The van der Waals surface area contributed by atoms with Crippen molar-refractivity contribution < 1.29 is 23.8 Å². The number of hydrogen-bond donors (Lipinski definition) is 1. The number of pyridine rings is 1. The van der Waals surface area contributed by atoms with Crippen LogP contribution in [0.25, 0.3) is 0 Å². The lowest BCUT2D eigenvalue weighted by molar-refractivity contribution is -0.140. The van der Waals surface area contributed by atoms with E-state index in [9.17, 15) is 9.59 Å². The first-order valence-electron chi connectivity index (χ1n) is 7.90. The second kappa shape index (κ2) is 8.90. The van der Waals surface area contributed by atoms with E-state index in [-0.39, 0.29) is 11.9 Å². The van der Waals surface area contributed by atoms with Crippen molar-refractivity contribution in [3.63, 3.8) is 0 Å². The average Bonchev–Trinajstić information content (AvgIpc) is 3.01. The number of ether oxygens (including phenoxy) is 3. The van der Waals surface area contributed by atoms with Gasteiger partial charge in [0.15, 0.2) is 11.6 Å². The van der Waals surface area contributed by atoms with Gasteiger partial charge in [0.2, 0.25) is 0 Å². The molecule has 2 heterocycles. The van der Waals surface area contributed by atoms with Gasteiger partial charge in [-0.3, -0.25) is 4.79 Å². The van der Waals surface area contributed by atoms with E-state index < -0.39 is 0 Å². The molecule has 0 spiro atoms. The number of rotatable bonds is 8. The predicted octanol–water partition coefficient (Wildman–Crippen LogP) is 2.44. The van der Waals surface area contributed by atoms with Gasteiger partial charge in [-0.25, -0.2) is 9.78 Å². The molecule has 1 N–H and O–H groups in total. The Kier molecular flexibility index (Phi) is 6.60. The van der Waals surface area contributed by atoms with E-state index in [0.717, 1.165) is 6.42 Å². The number of hydrogen-bond acceptors (Lipinski definition) is 7. The Hall–Kier alpha value is -2.57. The topological polar surface area (TPSA) is 86.8 Å². The molecular formula is C17H22N2O5. The van der Waals surface area contributed by atoms with Gasteiger partial charge in [0.1, 0.15) is 0 Å². The van der Waals surface area contributed by atoms with Crippen LogP contribution in [0.4, 0.5) is 5.82 Å². The van der Waals surface area contributed by atoms with Crippen LogP contribution in [0.5, 0.6) is 5.75 Å². The summed E-state index contributed by atoms with van der Waals surface area (Å²) in [5.41, 5.74) is 1.34. The minimum Gasteiger partial charge on any atom is -0.490 e. The lowest BCUT2D eigenvalue weighted by Gasteiger charge is -2.13. The molecule has 0 atom stereocenters. The van der Waals surface area contributed by atoms with Crippen molar-refractivity contribution in [3.05, 3.63) is 29.6 Å². The van der Waals surface area contributed by atoms with Gasteiger partial charge in [-0.2, -0.15) is 0 Å². The minimum atomic E-state index is -0.291. The van der Waals surface area contributed by atoms with Crippen molar-refractivity contribution in [3.8, 4) is 5.75 Å². The maximum absolute atomic E-state index is 11.6. The molecule has 0 unspecified atom stereocenters. The first kappa shape index (κ1) is 17.8. The number of nitrogens with one attached hydrogen (secondary N) is 1. The fourth-order valence-electron chi connectivity index (χ4n) is 2.29. The zero-order valence-electron chi connectivity index (χ0n) is 14.0. The number of aromatic nitrogens is 1. The van der Waals surface area contributed by atoms with Crippen molar-refractivity contribution in [1.29, 1.82) is 0 Å². The molecular weight excluding hydrogens is 312 g/mol. The second-order valence-corrected chi connectivity index (χ2v) is 5.35. The Morgan fingerprint density at radius 2 is 2.25 bits per heavy atom. The van der Waals surface area contributed by atoms with Gasteiger partial charge < -0.3 is 19.5 Å². The average molecular weight is 334 g/mol. The third-order valence-corrected chi connectivity index (χ3v) is 3.62. The van der Waals surface area contributed by atoms with Crippen LogP contribution in [0.15, 0.2) is 29.6 Å². The highest BCUT2D eigenvalue weighted by Gasteiger charge is 2.22. The highest BCUT2D eigenvalue weighted by atomic mass is 16.5. The third-order valence-electron chi connectivity index (χ3n) is 3.62. The molecule has 0 bridgehead atoms. The summed E-state index contributed by atoms with van der Waals surface area (Å²) >= 11 is 0. The summed E-state index contributed by atoms with van der Waals surface area (Å²) in [6.45, 7) is 2.70. The molecule has 7 nitrogen and oxygen atoms in total. The summed E-state index contributed by atoms with van der Waals surface area (Å²) in [4.78, 5) is 26.9. The molecule has 0 aliphatic carbocycles. The van der Waals surface area contributed by atoms with Crippen LogP contribution in [0, 0.1) is 0 Å². The van der Waals surface area contributed by atoms with Crippen LogP contribution < -0.4 is 10.1 Å². The van der Waals surface area contributed by atoms with Gasteiger partial charge >= 0.3 is 11.9 Å². The van der Waals surface area contributed by atoms with Gasteiger partial charge in [0.05, 0.1) is 25.9 Å². The zero-order valence-corrected chi connectivity index (χ0v) is 14.0. The number of esters is 2. The van der Waals surface area contributed by atoms with Crippen molar-refractivity contribution in [2.24, 2.45) is 0 Å². The summed E-state index contributed by atoms with van der Waals surface area (Å²) in [6.07, 6.45) is 4.05. The van der Waals surface area contributed by atoms with E-state index in [1.807, 2.05) is 6.92 Å². The van der Waals surface area contributed by atoms with Crippen LogP contribution in [-0.2, 0) is 19.1 Å². The SMILES string of the molecule is COC(=O)CCCCOc1cccnc1N/C(C)=C1\CCOC1=O. The van der Waals surface area contributed by atoms with E-state index >= 15 is 0 Å². The summed E-state index contributed by atoms with van der Waals surface area (Å²) in [7, 11) is 1.38. The number of nitrogens with zero attached hydrogens (tertiary/aromatic N) is 1. The third kappa shape index (κ3) is 4.97. The minimum absolute atomic E-state index is 0.218. The number of cyclic esters (lactones) is 1. The van der Waals surface area contributed by atoms with Crippen LogP contribution >= 0.6 is 0 Å². The van der Waals surface area contributed by atoms with Crippen LogP contribution in [-0.4, -0.2) is 37.2 Å². The lowest BCUT2D eigenvalue weighted by atomic mass is 10.2. The summed E-state index contributed by atoms with van der Waals surface area (Å²) < 4.78 is 15.3. The molecule has 1 aliphatic heterocycles. The van der Waals surface area contributed by atoms with E-state index in [2.05, 4.69) is 15.0 Å². The van der Waals surface area contributed by atoms with E-state index in [1.54, 1.807) is 18.3 Å². The van der Waals surface area contributed by atoms with Crippen LogP contribution in [0.1, 0.15) is 32.6 Å². The Bertz CT molecular complexity index is 627. The molecule has 0 aromatic carbocycles. The van der Waals surface area contributed by atoms with Gasteiger partial charge in [0, 0.05) is 24.7 Å². The van der Waals surface area contributed by atoms with E-state index in [0.29, 0.717) is 55.3 Å². The van der Waals surface area contributed by atoms with Gasteiger partial charge in [-0.05, 0) is 31.9 Å². The van der Waals surface area contributed by atoms with Crippen molar-refractivity contribution in [1.82, 2.24) is 4.98 Å². The van der Waals surface area contributed by atoms with Crippen molar-refractivity contribution in [2.45, 2.75) is 32.6 Å². The molecule has 24 heavy (non-hydrogen) atoms. The monoisotopic (exact) mass is 334 g/mol. The quantitative estimate of drug-likeness (QED) is 0.444. The maximum atomic E-state index is 11.6. The van der Waals surface area contributed by atoms with Crippen molar-refractivity contribution in [2.75, 3.05) is 25.6 Å². The molecule has 1 aromatic rings.